The third-order valence-electron chi connectivity index (χ3n) is 11.7. The number of nitrogens with zero attached hydrogens (tertiary/aromatic N) is 5. The zero-order valence-corrected chi connectivity index (χ0v) is 33.4. The van der Waals surface area contributed by atoms with Gasteiger partial charge in [-0.2, -0.15) is 0 Å². The van der Waals surface area contributed by atoms with Crippen molar-refractivity contribution < 1.29 is 4.42 Å². The molecule has 4 aromatic heterocycles. The molecule has 0 fully saturated rings. The van der Waals surface area contributed by atoms with Crippen LogP contribution in [0.5, 0.6) is 0 Å². The molecule has 0 atom stereocenters. The summed E-state index contributed by atoms with van der Waals surface area (Å²) in [5.41, 5.74) is 13.3. The van der Waals surface area contributed by atoms with Gasteiger partial charge in [-0.1, -0.05) is 164 Å². The van der Waals surface area contributed by atoms with Crippen molar-refractivity contribution in [2.45, 2.75) is 0 Å². The fourth-order valence-corrected chi connectivity index (χ4v) is 8.83. The van der Waals surface area contributed by atoms with E-state index < -0.39 is 0 Å². The molecule has 0 saturated heterocycles. The Kier molecular flexibility index (Phi) is 8.38. The molecule has 62 heavy (non-hydrogen) atoms. The van der Waals surface area contributed by atoms with Crippen LogP contribution in [0.1, 0.15) is 0 Å². The quantitative estimate of drug-likeness (QED) is 0.161. The number of para-hydroxylation sites is 3. The lowest BCUT2D eigenvalue weighted by Crippen LogP contribution is -2.02. The highest BCUT2D eigenvalue weighted by molar-refractivity contribution is 6.18. The van der Waals surface area contributed by atoms with Crippen LogP contribution in [0.25, 0.3) is 117 Å². The Morgan fingerprint density at radius 3 is 1.60 bits per heavy atom. The average Bonchev–Trinajstić information content (AvgIpc) is 3.89. The maximum atomic E-state index is 6.98. The van der Waals surface area contributed by atoms with Crippen LogP contribution in [0.2, 0.25) is 0 Å². The highest BCUT2D eigenvalue weighted by Gasteiger charge is 2.23. The van der Waals surface area contributed by atoms with Crippen molar-refractivity contribution in [2.24, 2.45) is 0 Å². The molecule has 8 aromatic carbocycles. The number of hydrogen-bond donors (Lipinski definition) is 0. The average molecular weight is 794 g/mol. The predicted molar refractivity (Wildman–Crippen MR) is 252 cm³/mol. The lowest BCUT2D eigenvalue weighted by molar-refractivity contribution is 0.670. The summed E-state index contributed by atoms with van der Waals surface area (Å²) in [5.74, 6) is 1.67. The molecule has 0 spiro atoms. The number of fused-ring (bicyclic) bond motifs is 6. The number of pyridine rings is 1. The van der Waals surface area contributed by atoms with E-state index in [1.807, 2.05) is 72.9 Å². The van der Waals surface area contributed by atoms with Crippen LogP contribution in [-0.2, 0) is 0 Å². The Balaban J connectivity index is 1.12. The van der Waals surface area contributed by atoms with Gasteiger partial charge in [-0.05, 0) is 59.2 Å². The fraction of sp³-hybridized carbons (Fsp3) is 0. The van der Waals surface area contributed by atoms with Crippen molar-refractivity contribution >= 4 is 43.7 Å². The molecule has 6 nitrogen and oxygen atoms in total. The molecule has 4 heterocycles. The summed E-state index contributed by atoms with van der Waals surface area (Å²) in [6.07, 6.45) is 1.96. The van der Waals surface area contributed by atoms with Crippen LogP contribution in [0.15, 0.2) is 217 Å². The van der Waals surface area contributed by atoms with Crippen LogP contribution >= 0.6 is 0 Å². The Hall–Kier alpha value is -8.48. The Bertz CT molecular complexity index is 3560. The van der Waals surface area contributed by atoms with Crippen LogP contribution in [0, 0.1) is 0 Å². The van der Waals surface area contributed by atoms with Gasteiger partial charge in [0.15, 0.2) is 17.5 Å². The molecule has 12 rings (SSSR count). The van der Waals surface area contributed by atoms with Gasteiger partial charge in [0.25, 0.3) is 0 Å². The molecule has 0 N–H and O–H groups in total. The minimum absolute atomic E-state index is 0.515. The topological polar surface area (TPSA) is 69.6 Å². The van der Waals surface area contributed by atoms with Gasteiger partial charge in [-0.25, -0.2) is 15.0 Å². The van der Waals surface area contributed by atoms with E-state index in [9.17, 15) is 0 Å². The first kappa shape index (κ1) is 35.5. The smallest absolute Gasteiger partial charge is 0.166 e. The van der Waals surface area contributed by atoms with Gasteiger partial charge < -0.3 is 8.98 Å². The molecule has 290 valence electrons. The molecule has 0 aliphatic carbocycles. The van der Waals surface area contributed by atoms with Crippen molar-refractivity contribution in [3.8, 4) is 73.4 Å². The van der Waals surface area contributed by atoms with Crippen molar-refractivity contribution in [1.82, 2.24) is 24.5 Å². The first-order valence-corrected chi connectivity index (χ1v) is 20.7. The van der Waals surface area contributed by atoms with Crippen LogP contribution in [0.3, 0.4) is 0 Å². The molecule has 0 radical (unpaired) electrons. The van der Waals surface area contributed by atoms with Gasteiger partial charge in [-0.3, -0.25) is 4.98 Å². The zero-order valence-electron chi connectivity index (χ0n) is 33.4. The molecule has 0 aliphatic rings. The zero-order chi connectivity index (χ0) is 41.0. The standard InChI is InChI=1S/C56H35N5O/c1-5-18-36(19-6-1)41-26-13-14-27-42(41)39-32-48(56-59-54(37-20-7-2-8-21-37)58-55(60-56)38-22-9-3-10-23-38)52(57-35-39)45-30-17-29-44-47-33-50-46(34-51(47)62-53(44)45)43-28-15-16-31-49(43)61(50)40-24-11-4-12-25-40/h1-35H. The monoisotopic (exact) mass is 793 g/mol. The van der Waals surface area contributed by atoms with E-state index in [4.69, 9.17) is 24.4 Å². The van der Waals surface area contributed by atoms with Crippen molar-refractivity contribution in [2.75, 3.05) is 0 Å². The summed E-state index contributed by atoms with van der Waals surface area (Å²) >= 11 is 0. The third-order valence-corrected chi connectivity index (χ3v) is 11.7. The summed E-state index contributed by atoms with van der Waals surface area (Å²) < 4.78 is 9.32. The number of benzene rings is 8. The molecule has 0 unspecified atom stereocenters. The largest absolute Gasteiger partial charge is 0.455 e. The van der Waals surface area contributed by atoms with Gasteiger partial charge in [-0.15, -0.1) is 0 Å². The van der Waals surface area contributed by atoms with Gasteiger partial charge >= 0.3 is 0 Å². The number of aromatic nitrogens is 5. The lowest BCUT2D eigenvalue weighted by Gasteiger charge is -2.15. The Morgan fingerprint density at radius 2 is 0.903 bits per heavy atom. The highest BCUT2D eigenvalue weighted by atomic mass is 16.3. The van der Waals surface area contributed by atoms with Crippen molar-refractivity contribution in [3.05, 3.63) is 212 Å². The normalized spacial score (nSPS) is 11.5. The van der Waals surface area contributed by atoms with Gasteiger partial charge in [0.1, 0.15) is 11.2 Å². The summed E-state index contributed by atoms with van der Waals surface area (Å²) in [6.45, 7) is 0. The molecular formula is C56H35N5O. The molecule has 0 aliphatic heterocycles. The van der Waals surface area contributed by atoms with E-state index in [0.29, 0.717) is 23.2 Å². The minimum atomic E-state index is 0.515. The SMILES string of the molecule is c1ccc(-c2nc(-c3ccccc3)nc(-c3cc(-c4ccccc4-c4ccccc4)cnc3-c3cccc4c3oc3cc5c6ccccc6n(-c6ccccc6)c5cc34)n2)cc1. The fourth-order valence-electron chi connectivity index (χ4n) is 8.83. The maximum Gasteiger partial charge on any atom is 0.166 e. The van der Waals surface area contributed by atoms with E-state index in [1.54, 1.807) is 0 Å². The molecule has 0 amide bonds. The van der Waals surface area contributed by atoms with Gasteiger partial charge in [0, 0.05) is 61.2 Å². The van der Waals surface area contributed by atoms with Crippen molar-refractivity contribution in [1.29, 1.82) is 0 Å². The summed E-state index contributed by atoms with van der Waals surface area (Å²) in [4.78, 5) is 20.8. The highest BCUT2D eigenvalue weighted by Crippen LogP contribution is 2.43. The summed E-state index contributed by atoms with van der Waals surface area (Å²) in [6, 6.07) is 71.1. The van der Waals surface area contributed by atoms with E-state index in [2.05, 4.69) is 144 Å². The second kappa shape index (κ2) is 14.7. The van der Waals surface area contributed by atoms with E-state index in [-0.39, 0.29) is 0 Å². The van der Waals surface area contributed by atoms with Crippen LogP contribution < -0.4 is 0 Å². The van der Waals surface area contributed by atoms with Gasteiger partial charge in [0.05, 0.1) is 16.7 Å². The molecule has 0 saturated carbocycles. The van der Waals surface area contributed by atoms with Crippen LogP contribution in [0.4, 0.5) is 0 Å². The number of rotatable bonds is 7. The summed E-state index contributed by atoms with van der Waals surface area (Å²) in [5, 5.41) is 4.33. The number of hydrogen-bond acceptors (Lipinski definition) is 5. The van der Waals surface area contributed by atoms with Crippen LogP contribution in [-0.4, -0.2) is 24.5 Å². The third kappa shape index (κ3) is 5.96. The van der Waals surface area contributed by atoms with Crippen molar-refractivity contribution in [3.63, 3.8) is 0 Å². The van der Waals surface area contributed by atoms with E-state index in [1.165, 1.54) is 5.39 Å². The van der Waals surface area contributed by atoms with E-state index in [0.717, 1.165) is 88.6 Å². The second-order valence-corrected chi connectivity index (χ2v) is 15.4. The first-order chi connectivity index (χ1) is 30.7. The number of furan rings is 1. The minimum Gasteiger partial charge on any atom is -0.455 e. The Morgan fingerprint density at radius 1 is 0.355 bits per heavy atom. The molecule has 6 heteroatoms. The predicted octanol–water partition coefficient (Wildman–Crippen LogP) is 14.3. The Labute approximate surface area is 357 Å². The first-order valence-electron chi connectivity index (χ1n) is 20.7. The summed E-state index contributed by atoms with van der Waals surface area (Å²) in [7, 11) is 0. The van der Waals surface area contributed by atoms with E-state index >= 15 is 0 Å². The lowest BCUT2D eigenvalue weighted by atomic mass is 9.93. The second-order valence-electron chi connectivity index (χ2n) is 15.4. The molecular weight excluding hydrogens is 759 g/mol. The molecule has 12 aromatic rings. The maximum absolute atomic E-state index is 6.98. The molecule has 0 bridgehead atoms. The van der Waals surface area contributed by atoms with Gasteiger partial charge in [0.2, 0.25) is 0 Å².